The molecule has 0 bridgehead atoms. The molecule has 0 fully saturated rings. The van der Waals surface area contributed by atoms with Gasteiger partial charge in [-0.15, -0.1) is 0 Å². The third-order valence-corrected chi connectivity index (χ3v) is 7.75. The van der Waals surface area contributed by atoms with E-state index < -0.39 is 85.0 Å². The quantitative estimate of drug-likeness (QED) is 0.0412. The Labute approximate surface area is 281 Å². The second kappa shape index (κ2) is 23.6. The van der Waals surface area contributed by atoms with Gasteiger partial charge in [-0.2, -0.15) is 0 Å². The summed E-state index contributed by atoms with van der Waals surface area (Å²) < 4.78 is 14.3. The Kier molecular flexibility index (Phi) is 21.7. The number of carboxylic acid groups (broad SMARTS) is 4. The topological polar surface area (TPSA) is 248 Å². The van der Waals surface area contributed by atoms with E-state index >= 15 is 0 Å². The Morgan fingerprint density at radius 2 is 1.04 bits per heavy atom. The summed E-state index contributed by atoms with van der Waals surface area (Å²) in [6, 6.07) is 0. The van der Waals surface area contributed by atoms with Crippen molar-refractivity contribution in [2.24, 2.45) is 5.92 Å². The molecule has 0 aliphatic carbocycles. The van der Waals surface area contributed by atoms with E-state index in [1.807, 2.05) is 0 Å². The van der Waals surface area contributed by atoms with Gasteiger partial charge < -0.3 is 39.7 Å². The molecule has 5 N–H and O–H groups in total. The number of aliphatic carboxylic acids is 4. The average molecular weight is 691 g/mol. The van der Waals surface area contributed by atoms with Crippen LogP contribution in [0.5, 0.6) is 0 Å². The van der Waals surface area contributed by atoms with Crippen molar-refractivity contribution >= 4 is 41.8 Å². The van der Waals surface area contributed by atoms with E-state index in [2.05, 4.69) is 18.6 Å². The summed E-state index contributed by atoms with van der Waals surface area (Å²) in [5.41, 5.74) is -5.42. The standard InChI is InChI=1S/C33H54O15/c1-23(2)17-15-13-11-9-7-5-4-6-8-10-12-14-16-18-33(31(43)44,20-26(36)37)48-29(40)24(3)47-28(39)22-46-27(38)21-32(45,30(41)42)19-25(34)35/h23-24,45H,4-22H2,1-3H3,(H,34,35)(H,36,37)(H,41,42)(H,43,44). The second-order valence-electron chi connectivity index (χ2n) is 12.7. The van der Waals surface area contributed by atoms with Crippen molar-refractivity contribution in [3.8, 4) is 0 Å². The zero-order valence-electron chi connectivity index (χ0n) is 28.4. The first kappa shape index (κ1) is 44.2. The lowest BCUT2D eigenvalue weighted by atomic mass is 9.91. The van der Waals surface area contributed by atoms with Crippen molar-refractivity contribution < 1.29 is 73.3 Å². The minimum Gasteiger partial charge on any atom is -0.481 e. The maximum Gasteiger partial charge on any atom is 0.348 e. The maximum atomic E-state index is 12.6. The van der Waals surface area contributed by atoms with Gasteiger partial charge in [-0.3, -0.25) is 14.4 Å². The van der Waals surface area contributed by atoms with E-state index in [9.17, 15) is 48.9 Å². The van der Waals surface area contributed by atoms with E-state index in [4.69, 9.17) is 19.7 Å². The molecule has 3 unspecified atom stereocenters. The number of esters is 3. The van der Waals surface area contributed by atoms with Gasteiger partial charge in [-0.1, -0.05) is 97.3 Å². The monoisotopic (exact) mass is 690 g/mol. The number of hydrogen-bond donors (Lipinski definition) is 5. The van der Waals surface area contributed by atoms with E-state index in [0.29, 0.717) is 6.42 Å². The zero-order chi connectivity index (χ0) is 36.8. The van der Waals surface area contributed by atoms with Crippen LogP contribution in [-0.2, 0) is 47.8 Å². The SMILES string of the molecule is CC(C)CCCCCCCCCCCCCCCC(CC(=O)O)(OC(=O)C(C)OC(=O)COC(=O)CC(O)(CC(=O)O)C(=O)O)C(=O)O. The second-order valence-corrected chi connectivity index (χ2v) is 12.7. The zero-order valence-corrected chi connectivity index (χ0v) is 28.4. The van der Waals surface area contributed by atoms with E-state index in [1.54, 1.807) is 0 Å². The molecule has 0 heterocycles. The highest BCUT2D eigenvalue weighted by atomic mass is 16.6. The third kappa shape index (κ3) is 19.8. The van der Waals surface area contributed by atoms with Crippen LogP contribution in [0, 0.1) is 5.92 Å². The van der Waals surface area contributed by atoms with E-state index in [0.717, 1.165) is 44.9 Å². The molecule has 0 saturated heterocycles. The lowest BCUT2D eigenvalue weighted by molar-refractivity contribution is -0.192. The number of carbonyl (C=O) groups is 7. The Morgan fingerprint density at radius 3 is 1.46 bits per heavy atom. The summed E-state index contributed by atoms with van der Waals surface area (Å²) in [6.07, 6.45) is 9.02. The lowest BCUT2D eigenvalue weighted by Gasteiger charge is -2.29. The van der Waals surface area contributed by atoms with Crippen LogP contribution in [-0.4, -0.2) is 91.2 Å². The number of carbonyl (C=O) groups excluding carboxylic acids is 3. The fourth-order valence-electron chi connectivity index (χ4n) is 5.00. The van der Waals surface area contributed by atoms with Crippen LogP contribution in [0.25, 0.3) is 0 Å². The molecule has 0 rings (SSSR count). The van der Waals surface area contributed by atoms with Crippen molar-refractivity contribution in [3.63, 3.8) is 0 Å². The minimum atomic E-state index is -3.00. The van der Waals surface area contributed by atoms with Crippen LogP contribution in [0.3, 0.4) is 0 Å². The van der Waals surface area contributed by atoms with Crippen molar-refractivity contribution in [1.29, 1.82) is 0 Å². The van der Waals surface area contributed by atoms with Gasteiger partial charge in [0, 0.05) is 0 Å². The molecule has 15 nitrogen and oxygen atoms in total. The molecule has 0 aromatic heterocycles. The normalized spacial score (nSPS) is 14.3. The summed E-state index contributed by atoms with van der Waals surface area (Å²) >= 11 is 0. The fourth-order valence-corrected chi connectivity index (χ4v) is 5.00. The van der Waals surface area contributed by atoms with Gasteiger partial charge in [-0.25, -0.2) is 19.2 Å². The smallest absolute Gasteiger partial charge is 0.348 e. The number of hydrogen-bond acceptors (Lipinski definition) is 11. The van der Waals surface area contributed by atoms with Gasteiger partial charge in [0.2, 0.25) is 5.60 Å². The minimum absolute atomic E-state index is 0.262. The van der Waals surface area contributed by atoms with Gasteiger partial charge in [0.15, 0.2) is 18.3 Å². The average Bonchev–Trinajstić information content (AvgIpc) is 2.96. The van der Waals surface area contributed by atoms with Gasteiger partial charge in [0.1, 0.15) is 0 Å². The highest BCUT2D eigenvalue weighted by Crippen LogP contribution is 2.27. The van der Waals surface area contributed by atoms with Gasteiger partial charge in [-0.05, 0) is 25.7 Å². The molecular formula is C33H54O15. The molecule has 0 aliphatic heterocycles. The van der Waals surface area contributed by atoms with Crippen LogP contribution in [0.4, 0.5) is 0 Å². The number of aliphatic hydroxyl groups is 1. The maximum absolute atomic E-state index is 12.6. The summed E-state index contributed by atoms with van der Waals surface area (Å²) in [4.78, 5) is 82.1. The highest BCUT2D eigenvalue weighted by molar-refractivity contribution is 5.90. The molecule has 0 aromatic carbocycles. The largest absolute Gasteiger partial charge is 0.481 e. The Balaban J connectivity index is 4.69. The first-order chi connectivity index (χ1) is 22.4. The van der Waals surface area contributed by atoms with E-state index in [1.165, 1.54) is 44.9 Å². The third-order valence-electron chi connectivity index (χ3n) is 7.75. The number of carboxylic acids is 4. The molecule has 15 heteroatoms. The van der Waals surface area contributed by atoms with Crippen molar-refractivity contribution in [2.45, 2.75) is 154 Å². The predicted octanol–water partition coefficient (Wildman–Crippen LogP) is 4.49. The first-order valence-corrected chi connectivity index (χ1v) is 16.6. The van der Waals surface area contributed by atoms with Crippen LogP contribution in [0.15, 0.2) is 0 Å². The molecule has 48 heavy (non-hydrogen) atoms. The number of unbranched alkanes of at least 4 members (excludes halogenated alkanes) is 12. The van der Waals surface area contributed by atoms with Gasteiger partial charge >= 0.3 is 41.8 Å². The molecule has 0 aromatic rings. The van der Waals surface area contributed by atoms with Crippen molar-refractivity contribution in [1.82, 2.24) is 0 Å². The van der Waals surface area contributed by atoms with Crippen LogP contribution >= 0.6 is 0 Å². The molecule has 0 amide bonds. The molecule has 0 radical (unpaired) electrons. The molecule has 3 atom stereocenters. The van der Waals surface area contributed by atoms with Crippen LogP contribution in [0.1, 0.15) is 136 Å². The fraction of sp³-hybridized carbons (Fsp3) is 0.788. The van der Waals surface area contributed by atoms with Crippen LogP contribution in [0.2, 0.25) is 0 Å². The Hall–Kier alpha value is -3.75. The summed E-state index contributed by atoms with van der Waals surface area (Å²) in [7, 11) is 0. The van der Waals surface area contributed by atoms with Crippen LogP contribution < -0.4 is 0 Å². The molecule has 0 saturated carbocycles. The molecule has 276 valence electrons. The Bertz CT molecular complexity index is 1060. The molecule has 0 aliphatic rings. The van der Waals surface area contributed by atoms with Gasteiger partial charge in [0.05, 0.1) is 19.3 Å². The van der Waals surface area contributed by atoms with E-state index in [-0.39, 0.29) is 12.8 Å². The highest BCUT2D eigenvalue weighted by Gasteiger charge is 2.46. The lowest BCUT2D eigenvalue weighted by Crippen LogP contribution is -2.47. The van der Waals surface area contributed by atoms with Crippen molar-refractivity contribution in [2.75, 3.05) is 6.61 Å². The molecule has 0 spiro atoms. The predicted molar refractivity (Wildman–Crippen MR) is 169 cm³/mol. The summed E-state index contributed by atoms with van der Waals surface area (Å²) in [5, 5.41) is 46.8. The number of ether oxygens (including phenoxy) is 3. The number of rotatable bonds is 29. The Morgan fingerprint density at radius 1 is 0.583 bits per heavy atom. The van der Waals surface area contributed by atoms with Crippen molar-refractivity contribution in [3.05, 3.63) is 0 Å². The first-order valence-electron chi connectivity index (χ1n) is 16.6. The summed E-state index contributed by atoms with van der Waals surface area (Å²) in [6.45, 7) is 4.33. The summed E-state index contributed by atoms with van der Waals surface area (Å²) in [5.74, 6) is -10.3. The van der Waals surface area contributed by atoms with Gasteiger partial charge in [0.25, 0.3) is 0 Å². The molecular weight excluding hydrogens is 636 g/mol.